The number of rotatable bonds is 7. The molecule has 0 atom stereocenters. The van der Waals surface area contributed by atoms with Crippen molar-refractivity contribution in [2.45, 2.75) is 13.1 Å². The van der Waals surface area contributed by atoms with Crippen molar-refractivity contribution in [1.29, 1.82) is 0 Å². The van der Waals surface area contributed by atoms with Gasteiger partial charge in [0.2, 0.25) is 5.91 Å². The molecule has 0 radical (unpaired) electrons. The summed E-state index contributed by atoms with van der Waals surface area (Å²) in [6, 6.07) is 14.2. The van der Waals surface area contributed by atoms with Crippen LogP contribution < -0.4 is 5.32 Å². The van der Waals surface area contributed by atoms with Crippen LogP contribution in [0.3, 0.4) is 0 Å². The summed E-state index contributed by atoms with van der Waals surface area (Å²) in [6.45, 7) is 1.30. The summed E-state index contributed by atoms with van der Waals surface area (Å²) in [7, 11) is 4.03. The molecular formula is C19H21N3O3. The number of hydrogen-bond acceptors (Lipinski definition) is 4. The average molecular weight is 339 g/mol. The van der Waals surface area contributed by atoms with E-state index in [1.807, 2.05) is 38.4 Å². The third kappa shape index (κ3) is 6.19. The van der Waals surface area contributed by atoms with Gasteiger partial charge in [0.05, 0.1) is 4.92 Å². The quantitative estimate of drug-likeness (QED) is 0.478. The number of nitrogens with zero attached hydrogens (tertiary/aromatic N) is 2. The van der Waals surface area contributed by atoms with Crippen molar-refractivity contribution in [2.75, 3.05) is 14.1 Å². The number of nitro groups is 1. The predicted octanol–water partition coefficient (Wildman–Crippen LogP) is 2.99. The Bertz CT molecular complexity index is 768. The zero-order valence-electron chi connectivity index (χ0n) is 14.3. The highest BCUT2D eigenvalue weighted by Crippen LogP contribution is 2.14. The van der Waals surface area contributed by atoms with Crippen molar-refractivity contribution >= 4 is 17.7 Å². The molecule has 0 aliphatic carbocycles. The molecule has 0 heterocycles. The van der Waals surface area contributed by atoms with Gasteiger partial charge in [-0.3, -0.25) is 14.9 Å². The van der Waals surface area contributed by atoms with Crippen molar-refractivity contribution in [3.63, 3.8) is 0 Å². The maximum absolute atomic E-state index is 11.9. The molecule has 6 nitrogen and oxygen atoms in total. The van der Waals surface area contributed by atoms with Crippen molar-refractivity contribution in [3.05, 3.63) is 81.4 Å². The Morgan fingerprint density at radius 2 is 1.84 bits per heavy atom. The largest absolute Gasteiger partial charge is 0.348 e. The smallest absolute Gasteiger partial charge is 0.270 e. The molecule has 1 amide bonds. The van der Waals surface area contributed by atoms with Crippen LogP contribution in [0, 0.1) is 10.1 Å². The summed E-state index contributed by atoms with van der Waals surface area (Å²) >= 11 is 0. The number of non-ortho nitro benzene ring substituents is 1. The van der Waals surface area contributed by atoms with Crippen molar-refractivity contribution in [1.82, 2.24) is 10.2 Å². The Hall–Kier alpha value is -2.99. The molecule has 0 saturated heterocycles. The topological polar surface area (TPSA) is 75.5 Å². The summed E-state index contributed by atoms with van der Waals surface area (Å²) in [5.41, 5.74) is 2.84. The Labute approximate surface area is 146 Å². The van der Waals surface area contributed by atoms with Crippen LogP contribution in [0.25, 0.3) is 6.08 Å². The minimum Gasteiger partial charge on any atom is -0.348 e. The molecule has 2 aromatic carbocycles. The van der Waals surface area contributed by atoms with E-state index in [4.69, 9.17) is 0 Å². The molecular weight excluding hydrogens is 318 g/mol. The first-order valence-corrected chi connectivity index (χ1v) is 7.87. The highest BCUT2D eigenvalue weighted by atomic mass is 16.6. The van der Waals surface area contributed by atoms with Crippen LogP contribution in [0.4, 0.5) is 5.69 Å². The second-order valence-corrected chi connectivity index (χ2v) is 5.96. The Morgan fingerprint density at radius 1 is 1.16 bits per heavy atom. The third-order valence-corrected chi connectivity index (χ3v) is 3.50. The molecule has 0 saturated carbocycles. The van der Waals surface area contributed by atoms with Gasteiger partial charge in [-0.2, -0.15) is 0 Å². The zero-order chi connectivity index (χ0) is 18.2. The SMILES string of the molecule is CN(C)Cc1ccc(CNC(=O)/C=C/c2cccc([N+](=O)[O-])c2)cc1. The Kier molecular flexibility index (Phi) is 6.42. The molecule has 25 heavy (non-hydrogen) atoms. The van der Waals surface area contributed by atoms with E-state index in [0.29, 0.717) is 12.1 Å². The fraction of sp³-hybridized carbons (Fsp3) is 0.211. The van der Waals surface area contributed by atoms with Crippen LogP contribution in [-0.2, 0) is 17.9 Å². The van der Waals surface area contributed by atoms with Gasteiger partial charge in [-0.05, 0) is 36.9 Å². The van der Waals surface area contributed by atoms with Crippen LogP contribution in [0.15, 0.2) is 54.6 Å². The lowest BCUT2D eigenvalue weighted by Gasteiger charge is -2.10. The molecule has 0 fully saturated rings. The molecule has 2 aromatic rings. The summed E-state index contributed by atoms with van der Waals surface area (Å²) in [4.78, 5) is 24.2. The molecule has 0 aliphatic heterocycles. The van der Waals surface area contributed by atoms with Crippen LogP contribution in [-0.4, -0.2) is 29.8 Å². The van der Waals surface area contributed by atoms with Gasteiger partial charge in [0, 0.05) is 31.3 Å². The van der Waals surface area contributed by atoms with Crippen LogP contribution in [0.1, 0.15) is 16.7 Å². The maximum atomic E-state index is 11.9. The number of nitrogens with one attached hydrogen (secondary N) is 1. The van der Waals surface area contributed by atoms with E-state index in [9.17, 15) is 14.9 Å². The standard InChI is InChI=1S/C19H21N3O3/c1-21(2)14-17-8-6-16(7-9-17)13-20-19(23)11-10-15-4-3-5-18(12-15)22(24)25/h3-12H,13-14H2,1-2H3,(H,20,23)/b11-10+. The van der Waals surface area contributed by atoms with E-state index in [1.165, 1.54) is 23.8 Å². The van der Waals surface area contributed by atoms with E-state index in [1.54, 1.807) is 18.2 Å². The van der Waals surface area contributed by atoms with Crippen molar-refractivity contribution in [3.8, 4) is 0 Å². The lowest BCUT2D eigenvalue weighted by atomic mass is 10.1. The maximum Gasteiger partial charge on any atom is 0.270 e. The second-order valence-electron chi connectivity index (χ2n) is 5.96. The molecule has 1 N–H and O–H groups in total. The Balaban J connectivity index is 1.88. The van der Waals surface area contributed by atoms with Gasteiger partial charge in [-0.25, -0.2) is 0 Å². The molecule has 0 aliphatic rings. The summed E-state index contributed by atoms with van der Waals surface area (Å²) < 4.78 is 0. The lowest BCUT2D eigenvalue weighted by molar-refractivity contribution is -0.384. The first kappa shape index (κ1) is 18.4. The molecule has 0 aromatic heterocycles. The number of amides is 1. The molecule has 0 unspecified atom stereocenters. The molecule has 0 bridgehead atoms. The zero-order valence-corrected chi connectivity index (χ0v) is 14.3. The third-order valence-electron chi connectivity index (χ3n) is 3.50. The summed E-state index contributed by atoms with van der Waals surface area (Å²) in [5, 5.41) is 13.5. The van der Waals surface area contributed by atoms with Gasteiger partial charge in [-0.15, -0.1) is 0 Å². The normalized spacial score (nSPS) is 11.0. The fourth-order valence-electron chi connectivity index (χ4n) is 2.29. The molecule has 6 heteroatoms. The van der Waals surface area contributed by atoms with Gasteiger partial charge < -0.3 is 10.2 Å². The van der Waals surface area contributed by atoms with E-state index >= 15 is 0 Å². The highest BCUT2D eigenvalue weighted by Gasteiger charge is 2.04. The average Bonchev–Trinajstić information content (AvgIpc) is 2.59. The number of hydrogen-bond donors (Lipinski definition) is 1. The minimum atomic E-state index is -0.461. The number of carbonyl (C=O) groups is 1. The van der Waals surface area contributed by atoms with Crippen LogP contribution >= 0.6 is 0 Å². The highest BCUT2D eigenvalue weighted by molar-refractivity contribution is 5.91. The molecule has 0 spiro atoms. The van der Waals surface area contributed by atoms with E-state index in [0.717, 1.165) is 12.1 Å². The lowest BCUT2D eigenvalue weighted by Crippen LogP contribution is -2.20. The van der Waals surface area contributed by atoms with Crippen LogP contribution in [0.2, 0.25) is 0 Å². The number of carbonyl (C=O) groups excluding carboxylic acids is 1. The number of benzene rings is 2. The van der Waals surface area contributed by atoms with E-state index < -0.39 is 4.92 Å². The molecule has 130 valence electrons. The molecule has 2 rings (SSSR count). The van der Waals surface area contributed by atoms with E-state index in [-0.39, 0.29) is 11.6 Å². The van der Waals surface area contributed by atoms with Crippen molar-refractivity contribution in [2.24, 2.45) is 0 Å². The van der Waals surface area contributed by atoms with Crippen LogP contribution in [0.5, 0.6) is 0 Å². The first-order chi connectivity index (χ1) is 11.9. The Morgan fingerprint density at radius 3 is 2.48 bits per heavy atom. The van der Waals surface area contributed by atoms with Gasteiger partial charge in [0.25, 0.3) is 5.69 Å². The van der Waals surface area contributed by atoms with Gasteiger partial charge >= 0.3 is 0 Å². The van der Waals surface area contributed by atoms with Gasteiger partial charge in [-0.1, -0.05) is 36.4 Å². The fourth-order valence-corrected chi connectivity index (χ4v) is 2.29. The van der Waals surface area contributed by atoms with Gasteiger partial charge in [0.15, 0.2) is 0 Å². The monoisotopic (exact) mass is 339 g/mol. The summed E-state index contributed by atoms with van der Waals surface area (Å²) in [5.74, 6) is -0.246. The summed E-state index contributed by atoms with van der Waals surface area (Å²) in [6.07, 6.45) is 2.93. The van der Waals surface area contributed by atoms with Crippen molar-refractivity contribution < 1.29 is 9.72 Å². The number of nitro benzene ring substituents is 1. The predicted molar refractivity (Wildman–Crippen MR) is 97.8 cm³/mol. The van der Waals surface area contributed by atoms with E-state index in [2.05, 4.69) is 10.2 Å². The first-order valence-electron chi connectivity index (χ1n) is 7.87. The minimum absolute atomic E-state index is 0.000345. The second kappa shape index (κ2) is 8.75. The van der Waals surface area contributed by atoms with Gasteiger partial charge in [0.1, 0.15) is 0 Å².